The Kier molecular flexibility index (Phi) is 9.02. The van der Waals surface area contributed by atoms with Crippen LogP contribution in [-0.4, -0.2) is 25.3 Å². The lowest BCUT2D eigenvalue weighted by Gasteiger charge is -2.25. The van der Waals surface area contributed by atoms with Crippen LogP contribution in [0.4, 0.5) is 0 Å². The summed E-state index contributed by atoms with van der Waals surface area (Å²) in [7, 11) is 3.35. The topological polar surface area (TPSA) is 65.0 Å². The van der Waals surface area contributed by atoms with Crippen molar-refractivity contribution in [2.75, 3.05) is 14.2 Å². The van der Waals surface area contributed by atoms with Gasteiger partial charge < -0.3 is 19.3 Å². The number of rotatable bonds is 11. The van der Waals surface area contributed by atoms with Gasteiger partial charge in [-0.1, -0.05) is 32.1 Å². The van der Waals surface area contributed by atoms with Crippen LogP contribution in [0, 0.1) is 11.3 Å². The number of ether oxygens (including phenoxy) is 3. The van der Waals surface area contributed by atoms with E-state index in [-0.39, 0.29) is 31.2 Å². The maximum atomic E-state index is 11.5. The van der Waals surface area contributed by atoms with Crippen LogP contribution in [0.5, 0.6) is 17.2 Å². The lowest BCUT2D eigenvalue weighted by Crippen LogP contribution is -2.11. The Morgan fingerprint density at radius 2 is 1.79 bits per heavy atom. The molecule has 208 valence electrons. The van der Waals surface area contributed by atoms with E-state index in [1.54, 1.807) is 25.6 Å². The molecule has 1 fully saturated rings. The number of hydrogen-bond donors (Lipinski definition) is 1. The summed E-state index contributed by atoms with van der Waals surface area (Å²) in [5, 5.41) is 11.6. The second-order valence-corrected chi connectivity index (χ2v) is 11.9. The van der Waals surface area contributed by atoms with Crippen molar-refractivity contribution in [3.8, 4) is 27.7 Å². The third-order valence-electron chi connectivity index (χ3n) is 7.86. The predicted octanol–water partition coefficient (Wildman–Crippen LogP) is 8.30. The third kappa shape index (κ3) is 6.47. The van der Waals surface area contributed by atoms with Crippen LogP contribution < -0.4 is 14.2 Å². The first-order valence-corrected chi connectivity index (χ1v) is 14.2. The Morgan fingerprint density at radius 1 is 1.08 bits per heavy atom. The molecule has 0 unspecified atom stereocenters. The van der Waals surface area contributed by atoms with Crippen LogP contribution in [0.3, 0.4) is 0 Å². The fourth-order valence-electron chi connectivity index (χ4n) is 5.61. The summed E-state index contributed by atoms with van der Waals surface area (Å²) < 4.78 is 17.5. The van der Waals surface area contributed by atoms with E-state index in [1.165, 1.54) is 16.0 Å². The van der Waals surface area contributed by atoms with E-state index >= 15 is 0 Å². The molecule has 0 bridgehead atoms. The molecule has 1 N–H and O–H groups in total. The number of allylic oxidation sites excluding steroid dienone is 2. The van der Waals surface area contributed by atoms with Gasteiger partial charge >= 0.3 is 5.97 Å². The number of hydrogen-bond acceptors (Lipinski definition) is 5. The van der Waals surface area contributed by atoms with E-state index in [0.717, 1.165) is 59.6 Å². The zero-order valence-electron chi connectivity index (χ0n) is 23.1. The van der Waals surface area contributed by atoms with Crippen molar-refractivity contribution in [3.05, 3.63) is 70.6 Å². The Morgan fingerprint density at radius 3 is 2.38 bits per heavy atom. The molecule has 39 heavy (non-hydrogen) atoms. The van der Waals surface area contributed by atoms with Crippen LogP contribution in [0.1, 0.15) is 68.6 Å². The Labute approximate surface area is 242 Å². The Balaban J connectivity index is 0.00000353. The molecular formula is C32H38O5S2. The van der Waals surface area contributed by atoms with Crippen LogP contribution >= 0.6 is 24.8 Å². The van der Waals surface area contributed by atoms with E-state index in [9.17, 15) is 9.90 Å². The number of thiophene rings is 1. The van der Waals surface area contributed by atoms with Gasteiger partial charge in [0.05, 0.1) is 20.6 Å². The number of aliphatic carboxylic acids is 1. The highest BCUT2D eigenvalue weighted by Gasteiger charge is 2.34. The van der Waals surface area contributed by atoms with Crippen molar-refractivity contribution < 1.29 is 24.1 Å². The third-order valence-corrected chi connectivity index (χ3v) is 8.94. The SMILES string of the molecule is COc1cc(OC)cc(-c2scc(COc3cccc([C@@H](CC(=O)O)C4CC4)c3)c2C2=CCCC2(C)C)c1.S. The van der Waals surface area contributed by atoms with E-state index in [1.807, 2.05) is 30.3 Å². The predicted molar refractivity (Wildman–Crippen MR) is 163 cm³/mol. The fourth-order valence-corrected chi connectivity index (χ4v) is 6.67. The first kappa shape index (κ1) is 29.1. The molecule has 0 saturated heterocycles. The summed E-state index contributed by atoms with van der Waals surface area (Å²) in [6, 6.07) is 14.0. The van der Waals surface area contributed by atoms with E-state index in [0.29, 0.717) is 12.5 Å². The minimum atomic E-state index is -0.745. The highest BCUT2D eigenvalue weighted by atomic mass is 32.1. The van der Waals surface area contributed by atoms with Crippen molar-refractivity contribution in [3.63, 3.8) is 0 Å². The van der Waals surface area contributed by atoms with Crippen molar-refractivity contribution >= 4 is 36.4 Å². The summed E-state index contributed by atoms with van der Waals surface area (Å²) in [6.45, 7) is 5.07. The zero-order valence-corrected chi connectivity index (χ0v) is 24.9. The van der Waals surface area contributed by atoms with Crippen molar-refractivity contribution in [2.45, 2.75) is 58.5 Å². The molecule has 7 heteroatoms. The van der Waals surface area contributed by atoms with Crippen LogP contribution in [0.15, 0.2) is 53.9 Å². The van der Waals surface area contributed by atoms with Crippen molar-refractivity contribution in [1.82, 2.24) is 0 Å². The highest BCUT2D eigenvalue weighted by Crippen LogP contribution is 2.51. The minimum absolute atomic E-state index is 0. The molecule has 1 atom stereocenters. The van der Waals surface area contributed by atoms with Gasteiger partial charge in [0.15, 0.2) is 0 Å². The molecule has 1 saturated carbocycles. The molecule has 0 radical (unpaired) electrons. The maximum absolute atomic E-state index is 11.5. The molecule has 5 nitrogen and oxygen atoms in total. The average molecular weight is 567 g/mol. The Bertz CT molecular complexity index is 1330. The number of methoxy groups -OCH3 is 2. The lowest BCUT2D eigenvalue weighted by atomic mass is 9.80. The van der Waals surface area contributed by atoms with Gasteiger partial charge in [-0.3, -0.25) is 4.79 Å². The van der Waals surface area contributed by atoms with E-state index in [4.69, 9.17) is 14.2 Å². The largest absolute Gasteiger partial charge is 0.497 e. The monoisotopic (exact) mass is 566 g/mol. The first-order valence-electron chi connectivity index (χ1n) is 13.3. The molecule has 2 aliphatic carbocycles. The summed E-state index contributed by atoms with van der Waals surface area (Å²) in [5.74, 6) is 2.07. The van der Waals surface area contributed by atoms with Crippen LogP contribution in [0.25, 0.3) is 16.0 Å². The van der Waals surface area contributed by atoms with E-state index < -0.39 is 5.97 Å². The first-order chi connectivity index (χ1) is 18.3. The molecule has 2 aromatic carbocycles. The molecule has 5 rings (SSSR count). The molecule has 3 aromatic rings. The van der Waals surface area contributed by atoms with Crippen molar-refractivity contribution in [2.24, 2.45) is 11.3 Å². The summed E-state index contributed by atoms with van der Waals surface area (Å²) in [4.78, 5) is 12.7. The average Bonchev–Trinajstić information content (AvgIpc) is 3.57. The van der Waals surface area contributed by atoms with E-state index in [2.05, 4.69) is 37.4 Å². The molecular weight excluding hydrogens is 528 g/mol. The quantitative estimate of drug-likeness (QED) is 0.253. The maximum Gasteiger partial charge on any atom is 0.303 e. The highest BCUT2D eigenvalue weighted by molar-refractivity contribution is 7.59. The smallest absolute Gasteiger partial charge is 0.303 e. The van der Waals surface area contributed by atoms with Crippen molar-refractivity contribution in [1.29, 1.82) is 0 Å². The molecule has 1 heterocycles. The number of benzene rings is 2. The molecule has 2 aliphatic rings. The number of carboxylic acids is 1. The van der Waals surface area contributed by atoms with Gasteiger partial charge in [0.1, 0.15) is 23.9 Å². The minimum Gasteiger partial charge on any atom is -0.497 e. The second-order valence-electron chi connectivity index (χ2n) is 11.0. The summed E-state index contributed by atoms with van der Waals surface area (Å²) in [5.41, 5.74) is 5.95. The molecule has 1 aromatic heterocycles. The van der Waals surface area contributed by atoms with Gasteiger partial charge in [0.25, 0.3) is 0 Å². The molecule has 0 spiro atoms. The Hall–Kier alpha value is -2.90. The lowest BCUT2D eigenvalue weighted by molar-refractivity contribution is -0.137. The molecule has 0 amide bonds. The van der Waals surface area contributed by atoms with Gasteiger partial charge in [-0.05, 0) is 89.3 Å². The van der Waals surface area contributed by atoms with Crippen LogP contribution in [-0.2, 0) is 11.4 Å². The second kappa shape index (κ2) is 12.1. The van der Waals surface area contributed by atoms with Gasteiger partial charge in [0, 0.05) is 22.1 Å². The number of carbonyl (C=O) groups is 1. The molecule has 0 aliphatic heterocycles. The summed E-state index contributed by atoms with van der Waals surface area (Å²) in [6.07, 6.45) is 6.92. The van der Waals surface area contributed by atoms with Gasteiger partial charge in [-0.15, -0.1) is 11.3 Å². The summed E-state index contributed by atoms with van der Waals surface area (Å²) >= 11 is 1.72. The standard InChI is InChI=1S/C32H36O5S.H2S/c1-32(2)12-6-9-28(32)30-23(19-38-31(30)22-14-25(35-3)16-26(15-22)36-4)18-37-24-8-5-7-21(13-24)27(17-29(33)34)20-10-11-20;/h5,7-9,13-16,19-20,27H,6,10-12,17-18H2,1-4H3,(H,33,34);1H2/t27-;/m0./s1. The number of carboxylic acid groups (broad SMARTS) is 1. The van der Waals surface area contributed by atoms with Gasteiger partial charge in [-0.25, -0.2) is 0 Å². The van der Waals surface area contributed by atoms with Crippen LogP contribution in [0.2, 0.25) is 0 Å². The van der Waals surface area contributed by atoms with Gasteiger partial charge in [-0.2, -0.15) is 13.5 Å². The van der Waals surface area contributed by atoms with Gasteiger partial charge in [0.2, 0.25) is 0 Å². The zero-order chi connectivity index (χ0) is 26.9. The fraction of sp³-hybridized carbons (Fsp3) is 0.406. The normalized spacial score (nSPS) is 16.7.